The predicted octanol–water partition coefficient (Wildman–Crippen LogP) is 4.27. The van der Waals surface area contributed by atoms with E-state index in [1.807, 2.05) is 18.2 Å². The molecule has 2 fully saturated rings. The number of hydrogen-bond donors (Lipinski definition) is 0. The minimum Gasteiger partial charge on any atom is -0.493 e. The van der Waals surface area contributed by atoms with Crippen LogP contribution in [0.1, 0.15) is 44.1 Å². The number of rotatable bonds is 5. The summed E-state index contributed by atoms with van der Waals surface area (Å²) in [6, 6.07) is 3.77. The molecule has 0 spiro atoms. The highest BCUT2D eigenvalue weighted by molar-refractivity contribution is 6.03. The van der Waals surface area contributed by atoms with Crippen LogP contribution in [-0.4, -0.2) is 27.1 Å². The summed E-state index contributed by atoms with van der Waals surface area (Å²) >= 11 is 0. The Morgan fingerprint density at radius 1 is 0.958 bits per heavy atom. The molecule has 24 heavy (non-hydrogen) atoms. The second kappa shape index (κ2) is 7.29. The van der Waals surface area contributed by atoms with Crippen molar-refractivity contribution in [2.45, 2.75) is 38.5 Å². The van der Waals surface area contributed by atoms with Crippen molar-refractivity contribution in [2.24, 2.45) is 11.8 Å². The van der Waals surface area contributed by atoms with Crippen molar-refractivity contribution in [3.05, 3.63) is 23.3 Å². The first-order valence-electron chi connectivity index (χ1n) is 8.73. The Morgan fingerprint density at radius 3 is 2.29 bits per heavy atom. The summed E-state index contributed by atoms with van der Waals surface area (Å²) < 4.78 is 16.3. The van der Waals surface area contributed by atoms with E-state index in [9.17, 15) is 4.79 Å². The Bertz CT molecular complexity index is 641. The molecule has 1 aromatic rings. The van der Waals surface area contributed by atoms with Crippen LogP contribution in [0.4, 0.5) is 0 Å². The van der Waals surface area contributed by atoms with E-state index in [1.165, 1.54) is 25.7 Å². The van der Waals surface area contributed by atoms with Crippen molar-refractivity contribution >= 4 is 11.9 Å². The first-order chi connectivity index (χ1) is 11.7. The number of Topliss-reactive ketones (excluding diaryl/α,β-unsaturated/α-hetero) is 1. The van der Waals surface area contributed by atoms with Gasteiger partial charge < -0.3 is 14.2 Å². The lowest BCUT2D eigenvalue weighted by molar-refractivity contribution is -0.119. The molecular formula is C20H26O4. The van der Waals surface area contributed by atoms with Crippen LogP contribution in [0.2, 0.25) is 0 Å². The topological polar surface area (TPSA) is 44.8 Å². The fourth-order valence-corrected chi connectivity index (χ4v) is 4.18. The second-order valence-electron chi connectivity index (χ2n) is 6.65. The quantitative estimate of drug-likeness (QED) is 0.757. The van der Waals surface area contributed by atoms with Crippen molar-refractivity contribution in [2.75, 3.05) is 21.3 Å². The van der Waals surface area contributed by atoms with Crippen LogP contribution >= 0.6 is 0 Å². The highest BCUT2D eigenvalue weighted by Gasteiger charge is 2.36. The average Bonchev–Trinajstić information content (AvgIpc) is 3.24. The third-order valence-corrected chi connectivity index (χ3v) is 5.41. The molecule has 0 saturated heterocycles. The average molecular weight is 330 g/mol. The number of methoxy groups -OCH3 is 3. The van der Waals surface area contributed by atoms with E-state index < -0.39 is 0 Å². The van der Waals surface area contributed by atoms with Gasteiger partial charge in [-0.3, -0.25) is 4.79 Å². The van der Waals surface area contributed by atoms with E-state index >= 15 is 0 Å². The van der Waals surface area contributed by atoms with Gasteiger partial charge in [0, 0.05) is 11.5 Å². The summed E-state index contributed by atoms with van der Waals surface area (Å²) in [5, 5.41) is 0. The van der Waals surface area contributed by atoms with Gasteiger partial charge in [-0.05, 0) is 55.4 Å². The van der Waals surface area contributed by atoms with Gasteiger partial charge in [0.25, 0.3) is 0 Å². The number of benzene rings is 1. The Morgan fingerprint density at radius 2 is 1.67 bits per heavy atom. The van der Waals surface area contributed by atoms with Crippen molar-refractivity contribution < 1.29 is 19.0 Å². The normalized spacial score (nSPS) is 23.0. The van der Waals surface area contributed by atoms with Gasteiger partial charge >= 0.3 is 0 Å². The molecule has 4 nitrogen and oxygen atoms in total. The van der Waals surface area contributed by atoms with Gasteiger partial charge in [-0.2, -0.15) is 0 Å². The van der Waals surface area contributed by atoms with Crippen molar-refractivity contribution in [1.29, 1.82) is 0 Å². The van der Waals surface area contributed by atoms with Crippen molar-refractivity contribution in [3.8, 4) is 17.2 Å². The van der Waals surface area contributed by atoms with Gasteiger partial charge in [0.05, 0.1) is 21.3 Å². The molecule has 2 aliphatic rings. The number of ketones is 1. The SMILES string of the molecule is COc1ccc(/C=C2\CCC(C3CCCC3)C2=O)c(OC)c1OC. The van der Waals surface area contributed by atoms with Crippen LogP contribution in [0.3, 0.4) is 0 Å². The molecule has 1 atom stereocenters. The molecular weight excluding hydrogens is 304 g/mol. The Kier molecular flexibility index (Phi) is 5.12. The molecule has 0 radical (unpaired) electrons. The third-order valence-electron chi connectivity index (χ3n) is 5.41. The lowest BCUT2D eigenvalue weighted by Gasteiger charge is -2.16. The van der Waals surface area contributed by atoms with E-state index in [0.29, 0.717) is 28.9 Å². The molecule has 3 rings (SSSR count). The number of carbonyl (C=O) groups excluding carboxylic acids is 1. The van der Waals surface area contributed by atoms with E-state index in [1.54, 1.807) is 21.3 Å². The maximum absolute atomic E-state index is 12.8. The highest BCUT2D eigenvalue weighted by atomic mass is 16.5. The van der Waals surface area contributed by atoms with Crippen molar-refractivity contribution in [1.82, 2.24) is 0 Å². The molecule has 130 valence electrons. The number of carbonyl (C=O) groups is 1. The van der Waals surface area contributed by atoms with Gasteiger partial charge in [-0.1, -0.05) is 12.8 Å². The largest absolute Gasteiger partial charge is 0.493 e. The van der Waals surface area contributed by atoms with Crippen LogP contribution in [-0.2, 0) is 4.79 Å². The molecule has 0 heterocycles. The zero-order valence-corrected chi connectivity index (χ0v) is 14.8. The molecule has 2 saturated carbocycles. The van der Waals surface area contributed by atoms with Crippen LogP contribution in [0, 0.1) is 11.8 Å². The molecule has 1 aromatic carbocycles. The third kappa shape index (κ3) is 3.02. The van der Waals surface area contributed by atoms with E-state index in [4.69, 9.17) is 14.2 Å². The summed E-state index contributed by atoms with van der Waals surface area (Å²) in [4.78, 5) is 12.8. The Labute approximate surface area is 143 Å². The second-order valence-corrected chi connectivity index (χ2v) is 6.65. The van der Waals surface area contributed by atoms with Crippen molar-refractivity contribution in [3.63, 3.8) is 0 Å². The Balaban J connectivity index is 1.90. The predicted molar refractivity (Wildman–Crippen MR) is 93.8 cm³/mol. The number of hydrogen-bond acceptors (Lipinski definition) is 4. The van der Waals surface area contributed by atoms with Gasteiger partial charge in [-0.15, -0.1) is 0 Å². The lowest BCUT2D eigenvalue weighted by atomic mass is 9.88. The fourth-order valence-electron chi connectivity index (χ4n) is 4.18. The molecule has 1 unspecified atom stereocenters. The summed E-state index contributed by atoms with van der Waals surface area (Å²) in [7, 11) is 4.80. The van der Waals surface area contributed by atoms with Crippen LogP contribution in [0.5, 0.6) is 17.2 Å². The molecule has 0 amide bonds. The number of allylic oxidation sites excluding steroid dienone is 1. The zero-order chi connectivity index (χ0) is 17.1. The van der Waals surface area contributed by atoms with E-state index in [-0.39, 0.29) is 5.92 Å². The molecule has 0 N–H and O–H groups in total. The monoisotopic (exact) mass is 330 g/mol. The first-order valence-corrected chi connectivity index (χ1v) is 8.73. The number of ether oxygens (including phenoxy) is 3. The molecule has 2 aliphatic carbocycles. The summed E-state index contributed by atoms with van der Waals surface area (Å²) in [5.74, 6) is 2.95. The summed E-state index contributed by atoms with van der Waals surface area (Å²) in [6.07, 6.45) is 8.79. The maximum atomic E-state index is 12.8. The molecule has 0 aromatic heterocycles. The van der Waals surface area contributed by atoms with E-state index in [0.717, 1.165) is 24.0 Å². The fraction of sp³-hybridized carbons (Fsp3) is 0.550. The lowest BCUT2D eigenvalue weighted by Crippen LogP contribution is -2.16. The van der Waals surface area contributed by atoms with Gasteiger partial charge in [0.2, 0.25) is 5.75 Å². The summed E-state index contributed by atoms with van der Waals surface area (Å²) in [6.45, 7) is 0. The Hall–Kier alpha value is -1.97. The first kappa shape index (κ1) is 16.9. The van der Waals surface area contributed by atoms with Gasteiger partial charge in [0.1, 0.15) is 0 Å². The molecule has 0 aliphatic heterocycles. The minimum absolute atomic E-state index is 0.227. The minimum atomic E-state index is 0.227. The smallest absolute Gasteiger partial charge is 0.203 e. The highest BCUT2D eigenvalue weighted by Crippen LogP contribution is 2.44. The zero-order valence-electron chi connectivity index (χ0n) is 14.8. The van der Waals surface area contributed by atoms with Gasteiger partial charge in [-0.25, -0.2) is 0 Å². The van der Waals surface area contributed by atoms with Crippen LogP contribution < -0.4 is 14.2 Å². The maximum Gasteiger partial charge on any atom is 0.203 e. The van der Waals surface area contributed by atoms with Gasteiger partial charge in [0.15, 0.2) is 17.3 Å². The summed E-state index contributed by atoms with van der Waals surface area (Å²) in [5.41, 5.74) is 1.78. The molecule has 4 heteroatoms. The van der Waals surface area contributed by atoms with E-state index in [2.05, 4.69) is 0 Å². The molecule has 0 bridgehead atoms. The van der Waals surface area contributed by atoms with Crippen LogP contribution in [0.25, 0.3) is 6.08 Å². The standard InChI is InChI=1S/C20H26O4/c1-22-17-11-9-15(19(23-2)20(17)24-3)12-14-8-10-16(18(14)21)13-6-4-5-7-13/h9,11-13,16H,4-8,10H2,1-3H3/b14-12+. The van der Waals surface area contributed by atoms with Crippen LogP contribution in [0.15, 0.2) is 17.7 Å².